The molecule has 1 fully saturated rings. The Kier molecular flexibility index (Phi) is 6.62. The molecule has 3 aromatic rings. The maximum atomic E-state index is 12.5. The number of carbonyl (C=O) groups is 2. The van der Waals surface area contributed by atoms with E-state index in [-0.39, 0.29) is 18.2 Å². The molecular formula is C24H26N4O3. The Balaban J connectivity index is 1.17. The average Bonchev–Trinajstić information content (AvgIpc) is 3.28. The Labute approximate surface area is 181 Å². The summed E-state index contributed by atoms with van der Waals surface area (Å²) >= 11 is 0. The van der Waals surface area contributed by atoms with Gasteiger partial charge in [0.2, 0.25) is 17.7 Å². The third kappa shape index (κ3) is 5.51. The van der Waals surface area contributed by atoms with Crippen LogP contribution in [0.25, 0.3) is 11.5 Å². The topological polar surface area (TPSA) is 78.7 Å². The molecule has 31 heavy (non-hydrogen) atoms. The molecule has 1 aromatic heterocycles. The molecule has 2 aromatic carbocycles. The van der Waals surface area contributed by atoms with E-state index in [1.165, 1.54) is 12.0 Å². The summed E-state index contributed by atoms with van der Waals surface area (Å²) in [6.45, 7) is 3.35. The fourth-order valence-electron chi connectivity index (χ4n) is 3.65. The first kappa shape index (κ1) is 20.7. The first-order chi connectivity index (χ1) is 15.2. The van der Waals surface area contributed by atoms with Crippen LogP contribution in [0.4, 0.5) is 5.69 Å². The van der Waals surface area contributed by atoms with Gasteiger partial charge in [0.1, 0.15) is 6.26 Å². The third-order valence-corrected chi connectivity index (χ3v) is 5.33. The van der Waals surface area contributed by atoms with E-state index in [9.17, 15) is 9.59 Å². The highest BCUT2D eigenvalue weighted by atomic mass is 16.3. The van der Waals surface area contributed by atoms with Crippen LogP contribution in [-0.2, 0) is 16.0 Å². The number of nitrogens with one attached hydrogen (secondary N) is 1. The second kappa shape index (κ2) is 9.93. The van der Waals surface area contributed by atoms with Crippen LogP contribution in [-0.4, -0.2) is 54.4 Å². The Hall–Kier alpha value is -3.61. The number of benzene rings is 2. The minimum atomic E-state index is -0.172. The van der Waals surface area contributed by atoms with Crippen molar-refractivity contribution in [1.29, 1.82) is 0 Å². The molecule has 1 aliphatic rings. The molecule has 2 amide bonds. The van der Waals surface area contributed by atoms with Crippen molar-refractivity contribution in [2.75, 3.05) is 37.6 Å². The number of carbonyl (C=O) groups excluding carboxylic acids is 2. The summed E-state index contributed by atoms with van der Waals surface area (Å²) in [6, 6.07) is 19.8. The maximum absolute atomic E-state index is 12.5. The molecule has 1 saturated heterocycles. The van der Waals surface area contributed by atoms with Gasteiger partial charge in [-0.3, -0.25) is 9.59 Å². The van der Waals surface area contributed by atoms with E-state index in [2.05, 4.69) is 27.3 Å². The summed E-state index contributed by atoms with van der Waals surface area (Å²) in [5.41, 5.74) is 2.62. The van der Waals surface area contributed by atoms with Gasteiger partial charge in [0.05, 0.1) is 12.1 Å². The Morgan fingerprint density at radius 1 is 0.935 bits per heavy atom. The van der Waals surface area contributed by atoms with Gasteiger partial charge in [-0.25, -0.2) is 4.98 Å². The first-order valence-electron chi connectivity index (χ1n) is 10.5. The largest absolute Gasteiger partial charge is 0.444 e. The molecule has 4 rings (SSSR count). The summed E-state index contributed by atoms with van der Waals surface area (Å²) in [5.74, 6) is 0.392. The second-order valence-corrected chi connectivity index (χ2v) is 7.49. The molecule has 1 aliphatic heterocycles. The summed E-state index contributed by atoms with van der Waals surface area (Å²) in [4.78, 5) is 33.2. The van der Waals surface area contributed by atoms with Crippen molar-refractivity contribution in [3.63, 3.8) is 0 Å². The van der Waals surface area contributed by atoms with Crippen LogP contribution < -0.4 is 10.2 Å². The van der Waals surface area contributed by atoms with E-state index in [1.54, 1.807) is 0 Å². The van der Waals surface area contributed by atoms with Crippen LogP contribution in [0, 0.1) is 0 Å². The lowest BCUT2D eigenvalue weighted by molar-refractivity contribution is -0.131. The number of aromatic nitrogens is 1. The van der Waals surface area contributed by atoms with E-state index < -0.39 is 0 Å². The number of piperazine rings is 1. The number of amides is 2. The highest BCUT2D eigenvalue weighted by Crippen LogP contribution is 2.18. The molecule has 0 bridgehead atoms. The molecule has 7 heteroatoms. The van der Waals surface area contributed by atoms with Crippen LogP contribution >= 0.6 is 0 Å². The van der Waals surface area contributed by atoms with Gasteiger partial charge in [-0.15, -0.1) is 0 Å². The predicted octanol–water partition coefficient (Wildman–Crippen LogP) is 2.74. The van der Waals surface area contributed by atoms with Crippen molar-refractivity contribution in [3.8, 4) is 11.5 Å². The number of rotatable bonds is 7. The summed E-state index contributed by atoms with van der Waals surface area (Å²) < 4.78 is 5.46. The van der Waals surface area contributed by atoms with E-state index in [0.29, 0.717) is 37.6 Å². The number of hydrogen-bond acceptors (Lipinski definition) is 5. The first-order valence-corrected chi connectivity index (χ1v) is 10.5. The highest BCUT2D eigenvalue weighted by Gasteiger charge is 2.21. The van der Waals surface area contributed by atoms with Crippen molar-refractivity contribution in [2.24, 2.45) is 0 Å². The monoisotopic (exact) mass is 418 g/mol. The zero-order chi connectivity index (χ0) is 21.5. The van der Waals surface area contributed by atoms with Gasteiger partial charge >= 0.3 is 0 Å². The van der Waals surface area contributed by atoms with Crippen LogP contribution in [0.2, 0.25) is 0 Å². The van der Waals surface area contributed by atoms with Gasteiger partial charge in [-0.05, 0) is 24.3 Å². The summed E-state index contributed by atoms with van der Waals surface area (Å²) in [5, 5.41) is 2.81. The zero-order valence-corrected chi connectivity index (χ0v) is 17.4. The van der Waals surface area contributed by atoms with Crippen LogP contribution in [0.1, 0.15) is 12.1 Å². The van der Waals surface area contributed by atoms with Gasteiger partial charge < -0.3 is 19.5 Å². The van der Waals surface area contributed by atoms with Crippen LogP contribution in [0.15, 0.2) is 71.3 Å². The molecule has 2 heterocycles. The average molecular weight is 418 g/mol. The molecule has 0 aliphatic carbocycles. The lowest BCUT2D eigenvalue weighted by Gasteiger charge is -2.36. The lowest BCUT2D eigenvalue weighted by Crippen LogP contribution is -2.49. The molecule has 0 unspecified atom stereocenters. The molecule has 160 valence electrons. The van der Waals surface area contributed by atoms with Crippen molar-refractivity contribution < 1.29 is 14.0 Å². The Morgan fingerprint density at radius 3 is 2.32 bits per heavy atom. The Bertz CT molecular complexity index is 996. The number of nitrogens with zero attached hydrogens (tertiary/aromatic N) is 3. The highest BCUT2D eigenvalue weighted by molar-refractivity contribution is 5.80. The minimum Gasteiger partial charge on any atom is -0.444 e. The van der Waals surface area contributed by atoms with Crippen LogP contribution in [0.5, 0.6) is 0 Å². The zero-order valence-electron chi connectivity index (χ0n) is 17.4. The lowest BCUT2D eigenvalue weighted by atomic mass is 10.2. The summed E-state index contributed by atoms with van der Waals surface area (Å²) in [6.07, 6.45) is 1.92. The molecule has 0 atom stereocenters. The van der Waals surface area contributed by atoms with Crippen molar-refractivity contribution in [3.05, 3.63) is 72.6 Å². The van der Waals surface area contributed by atoms with Crippen molar-refractivity contribution >= 4 is 17.5 Å². The Morgan fingerprint density at radius 2 is 1.61 bits per heavy atom. The number of oxazole rings is 1. The molecule has 0 saturated carbocycles. The fourth-order valence-corrected chi connectivity index (χ4v) is 3.65. The molecular weight excluding hydrogens is 392 g/mol. The second-order valence-electron chi connectivity index (χ2n) is 7.49. The van der Waals surface area contributed by atoms with Gasteiger partial charge in [0.15, 0.2) is 0 Å². The molecule has 0 spiro atoms. The molecule has 0 radical (unpaired) electrons. The van der Waals surface area contributed by atoms with Crippen LogP contribution in [0.3, 0.4) is 0 Å². The molecule has 1 N–H and O–H groups in total. The normalized spacial score (nSPS) is 13.8. The minimum absolute atomic E-state index is 0.0702. The fraction of sp³-hybridized carbons (Fsp3) is 0.292. The molecule has 7 nitrogen and oxygen atoms in total. The van der Waals surface area contributed by atoms with Gasteiger partial charge in [-0.1, -0.05) is 36.4 Å². The van der Waals surface area contributed by atoms with E-state index in [4.69, 9.17) is 4.42 Å². The number of anilines is 1. The standard InChI is InChI=1S/C24H26N4O3/c29-22(17-20-18-31-24(26-20)19-7-3-1-4-8-19)25-12-11-23(30)28-15-13-27(14-16-28)21-9-5-2-6-10-21/h1-10,18H,11-17H2,(H,25,29). The van der Waals surface area contributed by atoms with Gasteiger partial charge in [-0.2, -0.15) is 0 Å². The quantitative estimate of drug-likeness (QED) is 0.638. The van der Waals surface area contributed by atoms with E-state index in [0.717, 1.165) is 18.7 Å². The smallest absolute Gasteiger partial charge is 0.226 e. The number of para-hydroxylation sites is 1. The predicted molar refractivity (Wildman–Crippen MR) is 119 cm³/mol. The van der Waals surface area contributed by atoms with Gasteiger partial charge in [0, 0.05) is 50.4 Å². The van der Waals surface area contributed by atoms with E-state index in [1.807, 2.05) is 53.4 Å². The van der Waals surface area contributed by atoms with Crippen molar-refractivity contribution in [1.82, 2.24) is 15.2 Å². The maximum Gasteiger partial charge on any atom is 0.226 e. The summed E-state index contributed by atoms with van der Waals surface area (Å²) in [7, 11) is 0. The number of hydrogen-bond donors (Lipinski definition) is 1. The SMILES string of the molecule is O=C(Cc1coc(-c2ccccc2)n1)NCCC(=O)N1CCN(c2ccccc2)CC1. The van der Waals surface area contributed by atoms with Gasteiger partial charge in [0.25, 0.3) is 0 Å². The van der Waals surface area contributed by atoms with E-state index >= 15 is 0 Å². The third-order valence-electron chi connectivity index (χ3n) is 5.33. The van der Waals surface area contributed by atoms with Crippen molar-refractivity contribution in [2.45, 2.75) is 12.8 Å².